The first kappa shape index (κ1) is 82.3. The first-order chi connectivity index (χ1) is 47.9. The van der Waals surface area contributed by atoms with Crippen LogP contribution in [-0.2, 0) is 51.4 Å². The van der Waals surface area contributed by atoms with Crippen molar-refractivity contribution in [1.82, 2.24) is 59.1 Å². The number of ether oxygens (including phenoxy) is 1. The Kier molecular flexibility index (Phi) is 35.1. The molecule has 100 heavy (non-hydrogen) atoms. The number of likely N-dealkylation sites (tertiary alicyclic amines) is 6. The first-order valence-corrected chi connectivity index (χ1v) is 36.7. The van der Waals surface area contributed by atoms with Gasteiger partial charge in [0.2, 0.25) is 35.4 Å². The first-order valence-electron chi connectivity index (χ1n) is 36.7. The summed E-state index contributed by atoms with van der Waals surface area (Å²) in [6.07, 6.45) is 20.8. The van der Waals surface area contributed by atoms with Crippen molar-refractivity contribution < 1.29 is 42.8 Å². The number of piperidine rings is 6. The summed E-state index contributed by atoms with van der Waals surface area (Å²) in [6, 6.07) is 28.0. The number of nitrogens with zero attached hydrogens (tertiary/aromatic N) is 14. The monoisotopic (exact) mass is 1390 g/mol. The van der Waals surface area contributed by atoms with Crippen LogP contribution in [0.2, 0.25) is 0 Å². The highest BCUT2D eigenvalue weighted by atomic mass is 16.7. The number of anilines is 2. The Bertz CT molecular complexity index is 2890. The highest BCUT2D eigenvalue weighted by Gasteiger charge is 2.41. The Morgan fingerprint density at radius 1 is 0.450 bits per heavy atom. The van der Waals surface area contributed by atoms with Crippen LogP contribution in [0.3, 0.4) is 0 Å². The van der Waals surface area contributed by atoms with Gasteiger partial charge in [0.05, 0.1) is 31.5 Å². The van der Waals surface area contributed by atoms with E-state index in [1.54, 1.807) is 68.2 Å². The molecule has 0 atom stereocenters. The third kappa shape index (κ3) is 26.9. The molecule has 2 aromatic heterocycles. The summed E-state index contributed by atoms with van der Waals surface area (Å²) in [5.41, 5.74) is 2.19. The normalized spacial score (nSPS) is 19.5. The number of aromatic nitrogens is 2. The number of hydroxylamine groups is 2. The molecule has 7 fully saturated rings. The number of carbonyl (C=O) groups excluding carboxylic acids is 6. The second-order valence-corrected chi connectivity index (χ2v) is 28.7. The van der Waals surface area contributed by atoms with Crippen LogP contribution in [0.5, 0.6) is 0 Å². The lowest BCUT2D eigenvalue weighted by Gasteiger charge is -2.46. The van der Waals surface area contributed by atoms with E-state index in [-0.39, 0.29) is 47.1 Å². The molecule has 1 aliphatic carbocycles. The van der Waals surface area contributed by atoms with Gasteiger partial charge in [-0.05, 0) is 247 Å². The van der Waals surface area contributed by atoms with E-state index in [1.807, 2.05) is 86.3 Å². The molecule has 4 aromatic rings. The molecule has 6 amide bonds. The summed E-state index contributed by atoms with van der Waals surface area (Å²) in [7, 11) is 16.1. The molecule has 0 radical (unpaired) electrons. The van der Waals surface area contributed by atoms with Gasteiger partial charge in [0.1, 0.15) is 11.6 Å². The maximum absolute atomic E-state index is 11.9. The lowest BCUT2D eigenvalue weighted by molar-refractivity contribution is -0.190. The minimum absolute atomic E-state index is 0.00273. The largest absolute Gasteiger partial charge is 0.447 e. The van der Waals surface area contributed by atoms with Crippen molar-refractivity contribution in [1.29, 1.82) is 0 Å². The number of carbonyl (C=O) groups is 6. The summed E-state index contributed by atoms with van der Waals surface area (Å²) in [5.74, 6) is 2.24. The predicted molar refractivity (Wildman–Crippen MR) is 396 cm³/mol. The number of methoxy groups -OCH3 is 1. The van der Waals surface area contributed by atoms with Crippen molar-refractivity contribution in [3.8, 4) is 0 Å². The molecule has 23 nitrogen and oxygen atoms in total. The zero-order chi connectivity index (χ0) is 72.7. The minimum atomic E-state index is -0.0466. The molecule has 0 unspecified atom stereocenters. The average Bonchev–Trinajstić information content (AvgIpc) is 0.855. The number of para-hydroxylation sites is 1. The Labute approximate surface area is 599 Å². The van der Waals surface area contributed by atoms with Crippen LogP contribution in [0.15, 0.2) is 102 Å². The van der Waals surface area contributed by atoms with Crippen LogP contribution in [-0.4, -0.2) is 278 Å². The van der Waals surface area contributed by atoms with Crippen LogP contribution in [0.4, 0.5) is 11.5 Å². The number of hydrogen-bond donors (Lipinski definition) is 0. The lowest BCUT2D eigenvalue weighted by Crippen LogP contribution is -2.55. The SMILES string of the molecule is CC(=O)N(Cc1ccccc1)C1CCN(C)CC1.CC(=O)N(Cc1cnco1)C1CCN(C)CC1.CC(=O)N(c1ccccc1)C1CCN(C)CC1.CC(=O)N(c1ccccn1)C1CCN(C)CC1.COC1(CN(C(C)=O)C2CCN(C)CC2)CCC1.CON(C(C)=O)C1CCN(C)CC1. The molecule has 556 valence electrons. The van der Waals surface area contributed by atoms with Crippen molar-refractivity contribution in [2.24, 2.45) is 0 Å². The third-order valence-electron chi connectivity index (χ3n) is 21.0. The molecule has 0 bridgehead atoms. The van der Waals surface area contributed by atoms with E-state index < -0.39 is 0 Å². The van der Waals surface area contributed by atoms with Gasteiger partial charge in [-0.3, -0.25) is 38.5 Å². The standard InChI is InChI=1S/C15H22N2O.C14H26N2O2.C14H20N2O.C13H19N3O.C12H19N3O2.C9H18N2O2/c1-13(18)17(12-14-6-4-3-5-7-14)15-8-10-16(2)11-9-15;1-12(17)16(11-14(18-3)7-4-8-14)13-5-9-15(2)10-6-13;1-12(17)16(13-6-4-3-5-7-13)14-8-10-15(2)11-9-14;1-11(17)16(13-5-3-4-8-14-13)12-6-9-15(2)10-7-12;1-10(16)15(8-12-7-13-9-17-12)11-3-5-14(2)6-4-11;1-8(12)11(13-3)9-4-6-10(2)7-5-9/h3-7,15H,8-12H2,1-2H3;13H,4-11H2,1-3H3;3-7,14H,8-11H2,1-2H3;3-5,8,12H,6-7,9-10H2,1-2H3;7,9,11H,3-6,8H2,1-2H3;9H,4-7H2,1-3H3. The van der Waals surface area contributed by atoms with Crippen LogP contribution in [0.1, 0.15) is 149 Å². The van der Waals surface area contributed by atoms with Crippen LogP contribution in [0.25, 0.3) is 0 Å². The Balaban J connectivity index is 0.000000190. The Morgan fingerprint density at radius 3 is 1.17 bits per heavy atom. The number of oxazole rings is 1. The molecule has 11 rings (SSSR count). The predicted octanol–water partition coefficient (Wildman–Crippen LogP) is 8.90. The van der Waals surface area contributed by atoms with Crippen molar-refractivity contribution in [2.75, 3.05) is 151 Å². The van der Waals surface area contributed by atoms with Gasteiger partial charge in [0, 0.05) is 104 Å². The molecular formula is C77H124N14O9. The van der Waals surface area contributed by atoms with Gasteiger partial charge >= 0.3 is 0 Å². The number of benzene rings is 2. The minimum Gasteiger partial charge on any atom is -0.447 e. The highest BCUT2D eigenvalue weighted by molar-refractivity contribution is 5.92. The fourth-order valence-corrected chi connectivity index (χ4v) is 14.6. The number of pyridine rings is 1. The molecule has 23 heteroatoms. The fourth-order valence-electron chi connectivity index (χ4n) is 14.6. The molecule has 0 N–H and O–H groups in total. The summed E-state index contributed by atoms with van der Waals surface area (Å²) >= 11 is 0. The molecule has 6 saturated heterocycles. The van der Waals surface area contributed by atoms with Gasteiger partial charge in [-0.25, -0.2) is 15.0 Å². The zero-order valence-corrected chi connectivity index (χ0v) is 63.4. The lowest BCUT2D eigenvalue weighted by atomic mass is 9.79. The van der Waals surface area contributed by atoms with E-state index in [2.05, 4.69) is 98.7 Å². The maximum atomic E-state index is 11.9. The quantitative estimate of drug-likeness (QED) is 0.0963. The van der Waals surface area contributed by atoms with Gasteiger partial charge in [-0.15, -0.1) is 0 Å². The molecule has 7 aliphatic rings. The maximum Gasteiger partial charge on any atom is 0.243 e. The topological polar surface area (TPSA) is 199 Å². The molecule has 2 aromatic carbocycles. The van der Waals surface area contributed by atoms with Gasteiger partial charge in [0.15, 0.2) is 6.39 Å². The van der Waals surface area contributed by atoms with Gasteiger partial charge in [0.25, 0.3) is 0 Å². The average molecular weight is 1390 g/mol. The summed E-state index contributed by atoms with van der Waals surface area (Å²) in [6.45, 7) is 24.6. The van der Waals surface area contributed by atoms with Gasteiger partial charge in [-0.2, -0.15) is 0 Å². The molecule has 1 saturated carbocycles. The van der Waals surface area contributed by atoms with Gasteiger partial charge in [-0.1, -0.05) is 54.6 Å². The van der Waals surface area contributed by atoms with Crippen molar-refractivity contribution in [3.63, 3.8) is 0 Å². The zero-order valence-electron chi connectivity index (χ0n) is 63.4. The number of amides is 6. The van der Waals surface area contributed by atoms with Gasteiger partial charge < -0.3 is 58.2 Å². The molecule has 6 aliphatic heterocycles. The van der Waals surface area contributed by atoms with E-state index >= 15 is 0 Å². The second-order valence-electron chi connectivity index (χ2n) is 28.7. The Morgan fingerprint density at radius 2 is 0.830 bits per heavy atom. The summed E-state index contributed by atoms with van der Waals surface area (Å²) in [4.78, 5) is 107. The molecule has 0 spiro atoms. The van der Waals surface area contributed by atoms with Crippen molar-refractivity contribution in [2.45, 2.75) is 193 Å². The number of rotatable bonds is 16. The van der Waals surface area contributed by atoms with Crippen molar-refractivity contribution in [3.05, 3.63) is 109 Å². The van der Waals surface area contributed by atoms with Crippen LogP contribution >= 0.6 is 0 Å². The van der Waals surface area contributed by atoms with Crippen LogP contribution < -0.4 is 9.80 Å². The number of hydrogen-bond acceptors (Lipinski definition) is 17. The van der Waals surface area contributed by atoms with Crippen molar-refractivity contribution >= 4 is 46.9 Å². The Hall–Kier alpha value is -6.70. The second kappa shape index (κ2) is 42.7. The third-order valence-corrected chi connectivity index (χ3v) is 21.0. The smallest absolute Gasteiger partial charge is 0.243 e. The van der Waals surface area contributed by atoms with E-state index in [1.165, 1.54) is 23.4 Å². The van der Waals surface area contributed by atoms with E-state index in [0.29, 0.717) is 36.8 Å². The fraction of sp³-hybridized carbons (Fsp3) is 0.662. The summed E-state index contributed by atoms with van der Waals surface area (Å²) < 4.78 is 10.9. The van der Waals surface area contributed by atoms with E-state index in [0.717, 1.165) is 199 Å². The summed E-state index contributed by atoms with van der Waals surface area (Å²) in [5, 5.41) is 1.49. The van der Waals surface area contributed by atoms with E-state index in [9.17, 15) is 28.8 Å². The van der Waals surface area contributed by atoms with E-state index in [4.69, 9.17) is 14.0 Å². The molecule has 8 heterocycles. The van der Waals surface area contributed by atoms with Crippen LogP contribution in [0, 0.1) is 0 Å². The highest BCUT2D eigenvalue weighted by Crippen LogP contribution is 2.37. The molecular weight excluding hydrogens is 1260 g/mol.